The van der Waals surface area contributed by atoms with E-state index in [2.05, 4.69) is 15.4 Å². The molecule has 2 aromatic rings. The summed E-state index contributed by atoms with van der Waals surface area (Å²) in [5, 5.41) is 5.20. The maximum Gasteiger partial charge on any atom is 0.573 e. The Labute approximate surface area is 233 Å². The molecule has 0 saturated carbocycles. The maximum atomic E-state index is 13.3. The molecule has 1 atom stereocenters. The zero-order valence-electron chi connectivity index (χ0n) is 20.8. The molecule has 0 bridgehead atoms. The molecule has 0 spiro atoms. The van der Waals surface area contributed by atoms with E-state index < -0.39 is 33.9 Å². The minimum atomic E-state index is -5.06. The first-order valence-corrected chi connectivity index (χ1v) is 14.2. The molecule has 15 heteroatoms. The van der Waals surface area contributed by atoms with Crippen LogP contribution < -0.4 is 21.1 Å². The summed E-state index contributed by atoms with van der Waals surface area (Å²) in [6.07, 6.45) is -3.74. The van der Waals surface area contributed by atoms with Crippen molar-refractivity contribution in [3.8, 4) is 5.75 Å². The van der Waals surface area contributed by atoms with E-state index in [4.69, 9.17) is 28.9 Å². The van der Waals surface area contributed by atoms with Crippen LogP contribution in [-0.4, -0.2) is 56.5 Å². The number of hydrogen-bond donors (Lipinski definition) is 3. The number of amides is 3. The first-order chi connectivity index (χ1) is 18.2. The Kier molecular flexibility index (Phi) is 9.97. The largest absolute Gasteiger partial charge is 0.573 e. The van der Waals surface area contributed by atoms with Gasteiger partial charge in [-0.3, -0.25) is 9.69 Å². The van der Waals surface area contributed by atoms with E-state index in [1.165, 1.54) is 31.2 Å². The highest BCUT2D eigenvalue weighted by atomic mass is 35.5. The lowest BCUT2D eigenvalue weighted by Gasteiger charge is -2.33. The summed E-state index contributed by atoms with van der Waals surface area (Å²) in [4.78, 5) is 25.9. The molecule has 1 aliphatic heterocycles. The molecule has 39 heavy (non-hydrogen) atoms. The van der Waals surface area contributed by atoms with Crippen molar-refractivity contribution in [3.63, 3.8) is 0 Å². The molecular weight excluding hydrogens is 584 g/mol. The Bertz CT molecular complexity index is 1340. The van der Waals surface area contributed by atoms with E-state index in [1.54, 1.807) is 4.90 Å². The van der Waals surface area contributed by atoms with Crippen LogP contribution in [0.3, 0.4) is 0 Å². The van der Waals surface area contributed by atoms with Gasteiger partial charge < -0.3 is 21.1 Å². The number of sulfone groups is 1. The van der Waals surface area contributed by atoms with Crippen LogP contribution in [0, 0.1) is 0 Å². The molecule has 3 amide bonds. The second-order valence-corrected chi connectivity index (χ2v) is 12.0. The lowest BCUT2D eigenvalue weighted by atomic mass is 10.0. The molecule has 4 N–H and O–H groups in total. The third kappa shape index (κ3) is 8.62. The number of primary amides is 1. The van der Waals surface area contributed by atoms with Gasteiger partial charge in [0.05, 0.1) is 10.6 Å². The highest BCUT2D eigenvalue weighted by molar-refractivity contribution is 7.91. The fraction of sp³-hybridized carbons (Fsp3) is 0.417. The van der Waals surface area contributed by atoms with E-state index in [9.17, 15) is 31.2 Å². The first-order valence-electron chi connectivity index (χ1n) is 11.8. The molecule has 1 heterocycles. The maximum absolute atomic E-state index is 13.3. The van der Waals surface area contributed by atoms with Crippen molar-refractivity contribution in [1.29, 1.82) is 0 Å². The predicted molar refractivity (Wildman–Crippen MR) is 140 cm³/mol. The fourth-order valence-electron chi connectivity index (χ4n) is 4.28. The number of piperidine rings is 1. The average molecular weight is 611 g/mol. The molecule has 0 aliphatic carbocycles. The molecule has 0 unspecified atom stereocenters. The van der Waals surface area contributed by atoms with Crippen molar-refractivity contribution in [3.05, 3.63) is 57.1 Å². The molecule has 1 saturated heterocycles. The number of nitrogens with one attached hydrogen (secondary N) is 2. The number of likely N-dealkylation sites (tertiary alicyclic amines) is 1. The molecule has 0 aromatic heterocycles. The van der Waals surface area contributed by atoms with Gasteiger partial charge in [0, 0.05) is 46.8 Å². The van der Waals surface area contributed by atoms with Crippen molar-refractivity contribution in [2.24, 2.45) is 5.73 Å². The predicted octanol–water partition coefficient (Wildman–Crippen LogP) is 4.25. The number of hydrogen-bond acceptors (Lipinski definition) is 6. The minimum Gasteiger partial charge on any atom is -0.405 e. The molecule has 9 nitrogen and oxygen atoms in total. The number of alkyl halides is 3. The second kappa shape index (κ2) is 12.6. The molecular formula is C24H27Cl2F3N4O5S. The number of urea groups is 1. The SMILES string of the molecule is CCS(=O)(=O)c1ccc(Cl)cc1CNC(=O)c1cc(Cl)c(CN2CCC[C@H](NC(N)=O)C2)c(OC(F)(F)F)c1. The van der Waals surface area contributed by atoms with Gasteiger partial charge in [0.2, 0.25) is 0 Å². The number of benzene rings is 2. The molecule has 1 aliphatic rings. The highest BCUT2D eigenvalue weighted by Crippen LogP contribution is 2.34. The van der Waals surface area contributed by atoms with Gasteiger partial charge in [0.25, 0.3) is 5.91 Å². The molecule has 214 valence electrons. The summed E-state index contributed by atoms with van der Waals surface area (Å²) < 4.78 is 68.8. The van der Waals surface area contributed by atoms with Crippen molar-refractivity contribution in [2.45, 2.75) is 50.2 Å². The van der Waals surface area contributed by atoms with Gasteiger partial charge in [0.15, 0.2) is 9.84 Å². The van der Waals surface area contributed by atoms with Crippen LogP contribution in [-0.2, 0) is 22.9 Å². The third-order valence-corrected chi connectivity index (χ3v) is 8.45. The zero-order chi connectivity index (χ0) is 29.0. The van der Waals surface area contributed by atoms with Gasteiger partial charge in [0.1, 0.15) is 5.75 Å². The van der Waals surface area contributed by atoms with Crippen molar-refractivity contribution >= 4 is 45.0 Å². The average Bonchev–Trinajstić information content (AvgIpc) is 2.83. The minimum absolute atomic E-state index is 0.0106. The zero-order valence-corrected chi connectivity index (χ0v) is 23.1. The Hall–Kier alpha value is -2.74. The standard InChI is InChI=1S/C24H27Cl2F3N4O5S/c1-2-39(36,37)21-6-5-16(25)8-15(21)11-31-22(34)14-9-19(26)18(20(10-14)38-24(27,28)29)13-33-7-3-4-17(12-33)32-23(30)35/h5-6,8-10,17H,2-4,7,11-13H2,1H3,(H,31,34)(H3,30,32,35)/t17-/m0/s1. The Morgan fingerprint density at radius 2 is 1.92 bits per heavy atom. The molecule has 0 radical (unpaired) electrons. The van der Waals surface area contributed by atoms with E-state index in [0.717, 1.165) is 6.07 Å². The van der Waals surface area contributed by atoms with Crippen molar-refractivity contribution in [2.75, 3.05) is 18.8 Å². The summed E-state index contributed by atoms with van der Waals surface area (Å²) in [7, 11) is -3.63. The lowest BCUT2D eigenvalue weighted by molar-refractivity contribution is -0.275. The third-order valence-electron chi connectivity index (χ3n) is 6.05. The first kappa shape index (κ1) is 30.8. The second-order valence-electron chi connectivity index (χ2n) is 8.90. The summed E-state index contributed by atoms with van der Waals surface area (Å²) >= 11 is 12.3. The van der Waals surface area contributed by atoms with Crippen LogP contribution in [0.5, 0.6) is 5.75 Å². The Morgan fingerprint density at radius 1 is 1.21 bits per heavy atom. The van der Waals surface area contributed by atoms with E-state index in [1.807, 2.05) is 0 Å². The van der Waals surface area contributed by atoms with Crippen LogP contribution >= 0.6 is 23.2 Å². The van der Waals surface area contributed by atoms with E-state index in [0.29, 0.717) is 25.9 Å². The Morgan fingerprint density at radius 3 is 2.56 bits per heavy atom. The summed E-state index contributed by atoms with van der Waals surface area (Å²) in [6, 6.07) is 5.28. The fourth-order valence-corrected chi connectivity index (χ4v) is 5.86. The van der Waals surface area contributed by atoms with Gasteiger partial charge in [-0.25, -0.2) is 13.2 Å². The summed E-state index contributed by atoms with van der Waals surface area (Å²) in [5.41, 5.74) is 5.18. The van der Waals surface area contributed by atoms with Crippen molar-refractivity contribution in [1.82, 2.24) is 15.5 Å². The van der Waals surface area contributed by atoms with Gasteiger partial charge in [-0.15, -0.1) is 13.2 Å². The number of carbonyl (C=O) groups is 2. The summed E-state index contributed by atoms with van der Waals surface area (Å²) in [5.74, 6) is -1.64. The summed E-state index contributed by atoms with van der Waals surface area (Å²) in [6.45, 7) is 2.03. The number of halogens is 5. The number of carbonyl (C=O) groups excluding carboxylic acids is 2. The quantitative estimate of drug-likeness (QED) is 0.389. The van der Waals surface area contributed by atoms with Crippen LogP contribution in [0.15, 0.2) is 35.2 Å². The van der Waals surface area contributed by atoms with Gasteiger partial charge in [-0.2, -0.15) is 0 Å². The van der Waals surface area contributed by atoms with Gasteiger partial charge in [-0.1, -0.05) is 30.1 Å². The van der Waals surface area contributed by atoms with E-state index in [-0.39, 0.29) is 56.5 Å². The molecule has 2 aromatic carbocycles. The lowest BCUT2D eigenvalue weighted by Crippen LogP contribution is -2.49. The van der Waals surface area contributed by atoms with Crippen LogP contribution in [0.4, 0.5) is 18.0 Å². The van der Waals surface area contributed by atoms with E-state index >= 15 is 0 Å². The van der Waals surface area contributed by atoms with Crippen molar-refractivity contribution < 1.29 is 35.9 Å². The monoisotopic (exact) mass is 610 g/mol. The number of ether oxygens (including phenoxy) is 1. The number of rotatable bonds is 9. The number of nitrogens with two attached hydrogens (primary N) is 1. The van der Waals surface area contributed by atoms with Gasteiger partial charge >= 0.3 is 12.4 Å². The Balaban J connectivity index is 1.85. The van der Waals surface area contributed by atoms with Crippen LogP contribution in [0.1, 0.15) is 41.3 Å². The molecule has 3 rings (SSSR count). The smallest absolute Gasteiger partial charge is 0.405 e. The normalized spacial score (nSPS) is 16.5. The topological polar surface area (TPSA) is 131 Å². The van der Waals surface area contributed by atoms with Crippen LogP contribution in [0.2, 0.25) is 10.0 Å². The number of nitrogens with zero attached hydrogens (tertiary/aromatic N) is 1. The highest BCUT2D eigenvalue weighted by Gasteiger charge is 2.34. The van der Waals surface area contributed by atoms with Crippen LogP contribution in [0.25, 0.3) is 0 Å². The molecule has 1 fully saturated rings. The van der Waals surface area contributed by atoms with Gasteiger partial charge in [-0.05, 0) is 55.3 Å².